The van der Waals surface area contributed by atoms with E-state index in [1.807, 2.05) is 6.20 Å². The highest BCUT2D eigenvalue weighted by Gasteiger charge is 1.96. The smallest absolute Gasteiger partial charge is 0.0239 e. The first-order valence-corrected chi connectivity index (χ1v) is 6.06. The maximum atomic E-state index is 3.32. The molecule has 0 aliphatic heterocycles. The van der Waals surface area contributed by atoms with Crippen LogP contribution in [-0.2, 0) is 0 Å². The van der Waals surface area contributed by atoms with Gasteiger partial charge in [-0.25, -0.2) is 0 Å². The molecule has 0 bridgehead atoms. The molecule has 0 rings (SSSR count). The molecule has 0 saturated carbocycles. The van der Waals surface area contributed by atoms with Crippen molar-refractivity contribution in [3.05, 3.63) is 36.6 Å². The zero-order chi connectivity index (χ0) is 11.4. The minimum atomic E-state index is 0.520. The standard InChI is InChI=1S/C14H25N/c1-4-7-10-14(11-8-5-2)13-15-12-9-6-3/h7-12,14-15H,4-6,13H2,1-3H3. The van der Waals surface area contributed by atoms with Crippen LogP contribution in [0.1, 0.15) is 40.0 Å². The van der Waals surface area contributed by atoms with Crippen molar-refractivity contribution >= 4 is 0 Å². The fourth-order valence-corrected chi connectivity index (χ4v) is 1.23. The zero-order valence-corrected chi connectivity index (χ0v) is 10.4. The lowest BCUT2D eigenvalue weighted by Gasteiger charge is -2.07. The van der Waals surface area contributed by atoms with E-state index in [0.29, 0.717) is 5.92 Å². The monoisotopic (exact) mass is 207 g/mol. The van der Waals surface area contributed by atoms with Gasteiger partial charge in [0.05, 0.1) is 0 Å². The molecule has 0 saturated heterocycles. The quantitative estimate of drug-likeness (QED) is 0.592. The summed E-state index contributed by atoms with van der Waals surface area (Å²) in [7, 11) is 0. The molecule has 0 atom stereocenters. The molecule has 1 nitrogen and oxygen atoms in total. The van der Waals surface area contributed by atoms with E-state index in [2.05, 4.69) is 56.5 Å². The minimum Gasteiger partial charge on any atom is -0.390 e. The van der Waals surface area contributed by atoms with Gasteiger partial charge in [-0.1, -0.05) is 51.2 Å². The van der Waals surface area contributed by atoms with Crippen LogP contribution in [0.2, 0.25) is 0 Å². The largest absolute Gasteiger partial charge is 0.390 e. The minimum absolute atomic E-state index is 0.520. The number of nitrogens with one attached hydrogen (secondary N) is 1. The Kier molecular flexibility index (Phi) is 10.4. The average Bonchev–Trinajstić information content (AvgIpc) is 2.27. The summed E-state index contributed by atoms with van der Waals surface area (Å²) in [5.41, 5.74) is 0. The van der Waals surface area contributed by atoms with E-state index in [0.717, 1.165) is 25.8 Å². The van der Waals surface area contributed by atoms with Gasteiger partial charge in [0.1, 0.15) is 0 Å². The summed E-state index contributed by atoms with van der Waals surface area (Å²) in [5.74, 6) is 0.520. The summed E-state index contributed by atoms with van der Waals surface area (Å²) >= 11 is 0. The topological polar surface area (TPSA) is 12.0 Å². The Morgan fingerprint density at radius 2 is 1.40 bits per heavy atom. The van der Waals surface area contributed by atoms with Gasteiger partial charge in [0, 0.05) is 12.5 Å². The molecule has 0 aromatic heterocycles. The lowest BCUT2D eigenvalue weighted by atomic mass is 10.1. The third-order valence-electron chi connectivity index (χ3n) is 2.06. The van der Waals surface area contributed by atoms with Crippen LogP contribution in [0.15, 0.2) is 36.6 Å². The highest BCUT2D eigenvalue weighted by molar-refractivity contribution is 5.01. The van der Waals surface area contributed by atoms with Crippen molar-refractivity contribution in [3.63, 3.8) is 0 Å². The van der Waals surface area contributed by atoms with Crippen LogP contribution in [0, 0.1) is 5.92 Å². The van der Waals surface area contributed by atoms with E-state index in [1.165, 1.54) is 0 Å². The number of hydrogen-bond acceptors (Lipinski definition) is 1. The molecule has 0 aliphatic carbocycles. The van der Waals surface area contributed by atoms with Crippen LogP contribution in [0.3, 0.4) is 0 Å². The molecular formula is C14H25N. The van der Waals surface area contributed by atoms with Gasteiger partial charge in [-0.2, -0.15) is 0 Å². The summed E-state index contributed by atoms with van der Waals surface area (Å²) in [4.78, 5) is 0. The van der Waals surface area contributed by atoms with Crippen LogP contribution in [0.4, 0.5) is 0 Å². The van der Waals surface area contributed by atoms with Crippen LogP contribution in [-0.4, -0.2) is 6.54 Å². The molecule has 0 heterocycles. The maximum absolute atomic E-state index is 3.32. The molecule has 0 amide bonds. The second-order valence-electron chi connectivity index (χ2n) is 3.56. The Balaban J connectivity index is 3.95. The van der Waals surface area contributed by atoms with Crippen molar-refractivity contribution in [1.82, 2.24) is 5.32 Å². The predicted molar refractivity (Wildman–Crippen MR) is 69.8 cm³/mol. The van der Waals surface area contributed by atoms with E-state index in [4.69, 9.17) is 0 Å². The van der Waals surface area contributed by atoms with Crippen LogP contribution in [0.25, 0.3) is 0 Å². The van der Waals surface area contributed by atoms with Gasteiger partial charge in [0.2, 0.25) is 0 Å². The molecule has 0 spiro atoms. The second-order valence-corrected chi connectivity index (χ2v) is 3.56. The summed E-state index contributed by atoms with van der Waals surface area (Å²) in [6, 6.07) is 0. The van der Waals surface area contributed by atoms with E-state index in [-0.39, 0.29) is 0 Å². The summed E-state index contributed by atoms with van der Waals surface area (Å²) in [5, 5.41) is 3.32. The molecule has 0 aromatic rings. The Hall–Kier alpha value is -0.980. The first kappa shape index (κ1) is 14.0. The van der Waals surface area contributed by atoms with Gasteiger partial charge in [-0.05, 0) is 25.5 Å². The van der Waals surface area contributed by atoms with Crippen LogP contribution in [0.5, 0.6) is 0 Å². The van der Waals surface area contributed by atoms with Gasteiger partial charge in [-0.3, -0.25) is 0 Å². The molecule has 0 unspecified atom stereocenters. The van der Waals surface area contributed by atoms with Gasteiger partial charge in [0.25, 0.3) is 0 Å². The first-order chi connectivity index (χ1) is 7.35. The number of rotatable bonds is 8. The van der Waals surface area contributed by atoms with Crippen molar-refractivity contribution in [1.29, 1.82) is 0 Å². The summed E-state index contributed by atoms with van der Waals surface area (Å²) < 4.78 is 0. The highest BCUT2D eigenvalue weighted by atomic mass is 14.8. The highest BCUT2D eigenvalue weighted by Crippen LogP contribution is 2.02. The van der Waals surface area contributed by atoms with Crippen LogP contribution < -0.4 is 5.32 Å². The van der Waals surface area contributed by atoms with Crippen molar-refractivity contribution in [2.45, 2.75) is 40.0 Å². The third kappa shape index (κ3) is 9.33. The Morgan fingerprint density at radius 3 is 1.87 bits per heavy atom. The second kappa shape index (κ2) is 11.1. The molecule has 0 aromatic carbocycles. The van der Waals surface area contributed by atoms with E-state index in [9.17, 15) is 0 Å². The molecule has 0 aliphatic rings. The third-order valence-corrected chi connectivity index (χ3v) is 2.06. The fourth-order valence-electron chi connectivity index (χ4n) is 1.23. The van der Waals surface area contributed by atoms with Gasteiger partial charge < -0.3 is 5.32 Å². The SMILES string of the molecule is CCC=CNCC(C=CCC)C=CCC. The molecule has 1 heteroatoms. The summed E-state index contributed by atoms with van der Waals surface area (Å²) in [6.45, 7) is 7.47. The summed E-state index contributed by atoms with van der Waals surface area (Å²) in [6.07, 6.45) is 16.5. The van der Waals surface area contributed by atoms with E-state index in [1.54, 1.807) is 0 Å². The Bertz CT molecular complexity index is 187. The van der Waals surface area contributed by atoms with Crippen molar-refractivity contribution < 1.29 is 0 Å². The van der Waals surface area contributed by atoms with E-state index < -0.39 is 0 Å². The number of allylic oxidation sites excluding steroid dienone is 3. The molecule has 0 radical (unpaired) electrons. The molecule has 0 fully saturated rings. The lowest BCUT2D eigenvalue weighted by molar-refractivity contribution is 0.723. The van der Waals surface area contributed by atoms with E-state index >= 15 is 0 Å². The average molecular weight is 207 g/mol. The molecular weight excluding hydrogens is 182 g/mol. The Morgan fingerprint density at radius 1 is 0.867 bits per heavy atom. The molecule has 1 N–H and O–H groups in total. The predicted octanol–water partition coefficient (Wildman–Crippen LogP) is 4.05. The Labute approximate surface area is 95.0 Å². The van der Waals surface area contributed by atoms with Gasteiger partial charge >= 0.3 is 0 Å². The van der Waals surface area contributed by atoms with Gasteiger partial charge in [-0.15, -0.1) is 0 Å². The fraction of sp³-hybridized carbons (Fsp3) is 0.571. The van der Waals surface area contributed by atoms with Crippen molar-refractivity contribution in [2.75, 3.05) is 6.54 Å². The zero-order valence-electron chi connectivity index (χ0n) is 10.4. The first-order valence-electron chi connectivity index (χ1n) is 6.06. The maximum Gasteiger partial charge on any atom is 0.0239 e. The lowest BCUT2D eigenvalue weighted by Crippen LogP contribution is -2.14. The van der Waals surface area contributed by atoms with Gasteiger partial charge in [0.15, 0.2) is 0 Å². The van der Waals surface area contributed by atoms with Crippen LogP contribution >= 0.6 is 0 Å². The molecule has 86 valence electrons. The van der Waals surface area contributed by atoms with Crippen molar-refractivity contribution in [3.8, 4) is 0 Å². The van der Waals surface area contributed by atoms with Crippen molar-refractivity contribution in [2.24, 2.45) is 5.92 Å². The normalized spacial score (nSPS) is 14.3. The number of hydrogen-bond donors (Lipinski definition) is 1. The molecule has 15 heavy (non-hydrogen) atoms.